The van der Waals surface area contributed by atoms with Crippen molar-refractivity contribution >= 4 is 23.6 Å². The number of rotatable bonds is 4. The first-order chi connectivity index (χ1) is 9.50. The Balaban J connectivity index is 1.92. The summed E-state index contributed by atoms with van der Waals surface area (Å²) in [6.07, 6.45) is 2.97. The molecule has 1 aromatic carbocycles. The highest BCUT2D eigenvalue weighted by atomic mass is 35.5. The van der Waals surface area contributed by atoms with Gasteiger partial charge in [-0.25, -0.2) is 4.39 Å². The fraction of sp³-hybridized carbons (Fsp3) is 0.357. The third-order valence-electron chi connectivity index (χ3n) is 3.08. The number of halogens is 2. The topological polar surface area (TPSA) is 58.6 Å². The molecular weight excluding hydrogens is 285 g/mol. The van der Waals surface area contributed by atoms with Gasteiger partial charge in [0.2, 0.25) is 5.91 Å². The zero-order valence-corrected chi connectivity index (χ0v) is 11.5. The van der Waals surface area contributed by atoms with Gasteiger partial charge in [-0.15, -0.1) is 0 Å². The van der Waals surface area contributed by atoms with E-state index in [0.717, 1.165) is 0 Å². The molecule has 0 spiro atoms. The van der Waals surface area contributed by atoms with Crippen molar-refractivity contribution < 1.29 is 19.0 Å². The van der Waals surface area contributed by atoms with Gasteiger partial charge in [0, 0.05) is 31.2 Å². The van der Waals surface area contributed by atoms with Crippen LogP contribution in [0.1, 0.15) is 12.0 Å². The molecule has 1 aliphatic heterocycles. The second-order valence-corrected chi connectivity index (χ2v) is 5.12. The van der Waals surface area contributed by atoms with Crippen LogP contribution >= 0.6 is 11.6 Å². The smallest absolute Gasteiger partial charge is 0.244 e. The molecule has 20 heavy (non-hydrogen) atoms. The van der Waals surface area contributed by atoms with Gasteiger partial charge in [-0.2, -0.15) is 0 Å². The first-order valence-corrected chi connectivity index (χ1v) is 6.58. The Kier molecular flexibility index (Phi) is 4.75. The molecule has 0 aliphatic carbocycles. The van der Waals surface area contributed by atoms with E-state index in [-0.39, 0.29) is 23.7 Å². The van der Waals surface area contributed by atoms with Gasteiger partial charge in [0.25, 0.3) is 0 Å². The summed E-state index contributed by atoms with van der Waals surface area (Å²) in [5.41, 5.74) is -0.855. The quantitative estimate of drug-likeness (QED) is 0.833. The molecule has 1 amide bonds. The zero-order chi connectivity index (χ0) is 14.6. The fourth-order valence-electron chi connectivity index (χ4n) is 1.88. The number of hydrogen-bond acceptors (Lipinski definition) is 3. The minimum atomic E-state index is -1.01. The third-order valence-corrected chi connectivity index (χ3v) is 3.40. The average Bonchev–Trinajstić information content (AvgIpc) is 2.83. The van der Waals surface area contributed by atoms with E-state index < -0.39 is 17.3 Å². The van der Waals surface area contributed by atoms with Crippen LogP contribution in [-0.4, -0.2) is 36.4 Å². The molecular formula is C14H15ClFNO3. The molecule has 1 aliphatic rings. The lowest BCUT2D eigenvalue weighted by Gasteiger charge is -2.19. The van der Waals surface area contributed by atoms with E-state index in [0.29, 0.717) is 13.0 Å². The molecule has 0 radical (unpaired) electrons. The maximum Gasteiger partial charge on any atom is 0.244 e. The fourth-order valence-corrected chi connectivity index (χ4v) is 2.10. The Morgan fingerprint density at radius 2 is 2.40 bits per heavy atom. The van der Waals surface area contributed by atoms with Crippen molar-refractivity contribution in [2.75, 3.05) is 19.8 Å². The molecule has 2 rings (SSSR count). The van der Waals surface area contributed by atoms with Crippen LogP contribution < -0.4 is 5.32 Å². The molecule has 4 nitrogen and oxygen atoms in total. The van der Waals surface area contributed by atoms with Crippen molar-refractivity contribution in [1.82, 2.24) is 5.32 Å². The minimum Gasteiger partial charge on any atom is -0.386 e. The van der Waals surface area contributed by atoms with Gasteiger partial charge in [-0.1, -0.05) is 17.7 Å². The Morgan fingerprint density at radius 3 is 3.05 bits per heavy atom. The molecule has 108 valence electrons. The summed E-state index contributed by atoms with van der Waals surface area (Å²) in [5, 5.41) is 12.8. The summed E-state index contributed by atoms with van der Waals surface area (Å²) < 4.78 is 18.5. The second kappa shape index (κ2) is 6.35. The van der Waals surface area contributed by atoms with Crippen molar-refractivity contribution in [3.05, 3.63) is 40.7 Å². The van der Waals surface area contributed by atoms with Crippen LogP contribution in [0.2, 0.25) is 5.02 Å². The highest BCUT2D eigenvalue weighted by molar-refractivity contribution is 6.32. The Hall–Kier alpha value is -1.43. The molecule has 6 heteroatoms. The van der Waals surface area contributed by atoms with Crippen LogP contribution in [0.5, 0.6) is 0 Å². The van der Waals surface area contributed by atoms with Gasteiger partial charge in [0.05, 0.1) is 11.6 Å². The van der Waals surface area contributed by atoms with Crippen LogP contribution in [0.3, 0.4) is 0 Å². The maximum absolute atomic E-state index is 13.5. The average molecular weight is 300 g/mol. The first kappa shape index (κ1) is 15.0. The molecule has 1 aromatic rings. The van der Waals surface area contributed by atoms with Gasteiger partial charge >= 0.3 is 0 Å². The minimum absolute atomic E-state index is 0.0984. The van der Waals surface area contributed by atoms with Crippen molar-refractivity contribution in [1.29, 1.82) is 0 Å². The van der Waals surface area contributed by atoms with Crippen LogP contribution in [0.25, 0.3) is 6.08 Å². The molecule has 1 heterocycles. The number of carbonyl (C=O) groups is 1. The van der Waals surface area contributed by atoms with Crippen molar-refractivity contribution in [2.24, 2.45) is 0 Å². The predicted octanol–water partition coefficient (Wildman–Crippen LogP) is 1.76. The normalized spacial score (nSPS) is 22.4. The Morgan fingerprint density at radius 1 is 1.60 bits per heavy atom. The number of carbonyl (C=O) groups excluding carboxylic acids is 1. The molecule has 1 saturated heterocycles. The summed E-state index contributed by atoms with van der Waals surface area (Å²) in [6.45, 7) is 0.782. The molecule has 0 aromatic heterocycles. The summed E-state index contributed by atoms with van der Waals surface area (Å²) in [4.78, 5) is 11.6. The maximum atomic E-state index is 13.5. The lowest BCUT2D eigenvalue weighted by atomic mass is 10.0. The van der Waals surface area contributed by atoms with E-state index in [9.17, 15) is 14.3 Å². The van der Waals surface area contributed by atoms with Gasteiger partial charge in [-0.3, -0.25) is 4.79 Å². The number of ether oxygens (including phenoxy) is 1. The highest BCUT2D eigenvalue weighted by Gasteiger charge is 2.32. The van der Waals surface area contributed by atoms with Gasteiger partial charge in [0.1, 0.15) is 11.4 Å². The van der Waals surface area contributed by atoms with E-state index >= 15 is 0 Å². The van der Waals surface area contributed by atoms with E-state index in [1.807, 2.05) is 0 Å². The number of hydrogen-bond donors (Lipinski definition) is 2. The second-order valence-electron chi connectivity index (χ2n) is 4.71. The number of aliphatic hydroxyl groups is 1. The molecule has 1 fully saturated rings. The molecule has 1 unspecified atom stereocenters. The summed E-state index contributed by atoms with van der Waals surface area (Å²) in [5.74, 6) is -0.922. The first-order valence-electron chi connectivity index (χ1n) is 6.20. The monoisotopic (exact) mass is 299 g/mol. The molecule has 2 N–H and O–H groups in total. The standard InChI is InChI=1S/C14H15ClFNO3/c15-11-2-1-3-12(16)10(11)4-5-13(18)17-8-14(19)6-7-20-9-14/h1-5,19H,6-9H2,(H,17,18)/b5-4+. The van der Waals surface area contributed by atoms with Gasteiger partial charge in [0.15, 0.2) is 0 Å². The molecule has 0 bridgehead atoms. The van der Waals surface area contributed by atoms with Crippen LogP contribution in [0.4, 0.5) is 4.39 Å². The van der Waals surface area contributed by atoms with Crippen LogP contribution in [-0.2, 0) is 9.53 Å². The summed E-state index contributed by atoms with van der Waals surface area (Å²) in [7, 11) is 0. The number of benzene rings is 1. The third kappa shape index (κ3) is 3.79. The van der Waals surface area contributed by atoms with E-state index in [4.69, 9.17) is 16.3 Å². The van der Waals surface area contributed by atoms with Gasteiger partial charge in [-0.05, 0) is 18.2 Å². The largest absolute Gasteiger partial charge is 0.386 e. The van der Waals surface area contributed by atoms with E-state index in [2.05, 4.69) is 5.32 Å². The van der Waals surface area contributed by atoms with E-state index in [1.165, 1.54) is 24.3 Å². The predicted molar refractivity (Wildman–Crippen MR) is 73.8 cm³/mol. The summed E-state index contributed by atoms with van der Waals surface area (Å²) in [6, 6.07) is 4.30. The Bertz CT molecular complexity index is 507. The molecule has 0 saturated carbocycles. The van der Waals surface area contributed by atoms with Crippen molar-refractivity contribution in [3.63, 3.8) is 0 Å². The van der Waals surface area contributed by atoms with Crippen LogP contribution in [0.15, 0.2) is 24.3 Å². The van der Waals surface area contributed by atoms with Crippen molar-refractivity contribution in [2.45, 2.75) is 12.0 Å². The highest BCUT2D eigenvalue weighted by Crippen LogP contribution is 2.20. The van der Waals surface area contributed by atoms with Crippen LogP contribution in [0, 0.1) is 5.82 Å². The summed E-state index contributed by atoms with van der Waals surface area (Å²) >= 11 is 5.84. The number of amides is 1. The molecule has 1 atom stereocenters. The van der Waals surface area contributed by atoms with Gasteiger partial charge < -0.3 is 15.2 Å². The lowest BCUT2D eigenvalue weighted by Crippen LogP contribution is -2.42. The Labute approximate surface area is 121 Å². The van der Waals surface area contributed by atoms with Crippen molar-refractivity contribution in [3.8, 4) is 0 Å². The van der Waals surface area contributed by atoms with E-state index in [1.54, 1.807) is 6.07 Å². The lowest BCUT2D eigenvalue weighted by molar-refractivity contribution is -0.117. The SMILES string of the molecule is O=C(/C=C/c1c(F)cccc1Cl)NCC1(O)CCOC1. The zero-order valence-electron chi connectivity index (χ0n) is 10.7. The number of nitrogens with one attached hydrogen (secondary N) is 1.